The minimum atomic E-state index is -4.58. The van der Waals surface area contributed by atoms with Crippen molar-refractivity contribution in [3.05, 3.63) is 76.9 Å². The van der Waals surface area contributed by atoms with Crippen LogP contribution in [-0.4, -0.2) is 55.4 Å². The summed E-state index contributed by atoms with van der Waals surface area (Å²) in [5.41, 5.74) is 0.0833. The molecule has 1 fully saturated rings. The molecule has 2 aromatic carbocycles. The average molecular weight is 571 g/mol. The van der Waals surface area contributed by atoms with Gasteiger partial charge in [0, 0.05) is 31.1 Å². The number of nitrogens with zero attached hydrogens (tertiary/aromatic N) is 3. The molecule has 3 aliphatic rings. The first-order chi connectivity index (χ1) is 19.7. The van der Waals surface area contributed by atoms with Gasteiger partial charge in [0.2, 0.25) is 0 Å². The molecule has 0 spiro atoms. The number of nitrogens with one attached hydrogen (secondary N) is 1. The number of carbonyl (C=O) groups is 1. The predicted octanol–water partition coefficient (Wildman–Crippen LogP) is 5.85. The zero-order valence-corrected chi connectivity index (χ0v) is 23.2. The van der Waals surface area contributed by atoms with E-state index in [0.717, 1.165) is 12.5 Å². The Labute approximate surface area is 238 Å². The van der Waals surface area contributed by atoms with Crippen LogP contribution in [0.1, 0.15) is 53.6 Å². The van der Waals surface area contributed by atoms with E-state index in [4.69, 9.17) is 4.74 Å². The van der Waals surface area contributed by atoms with Gasteiger partial charge in [-0.2, -0.15) is 13.2 Å². The lowest BCUT2D eigenvalue weighted by molar-refractivity contribution is -0.166. The summed E-state index contributed by atoms with van der Waals surface area (Å²) in [4.78, 5) is 15.2. The van der Waals surface area contributed by atoms with Crippen molar-refractivity contribution in [3.8, 4) is 5.75 Å². The van der Waals surface area contributed by atoms with E-state index in [9.17, 15) is 23.1 Å². The number of hydrogen-bond acceptors (Lipinski definition) is 6. The minimum absolute atomic E-state index is 0.0285. The van der Waals surface area contributed by atoms with Gasteiger partial charge in [0.15, 0.2) is 0 Å². The molecule has 1 aliphatic heterocycles. The zero-order chi connectivity index (χ0) is 29.0. The molecule has 220 valence electrons. The first-order valence-electron chi connectivity index (χ1n) is 14.3. The highest BCUT2D eigenvalue weighted by Crippen LogP contribution is 2.52. The van der Waals surface area contributed by atoms with Crippen molar-refractivity contribution in [2.45, 2.75) is 50.5 Å². The number of aliphatic hydroxyl groups is 1. The number of para-hydroxylation sites is 1. The smallest absolute Gasteiger partial charge is 0.442 e. The van der Waals surface area contributed by atoms with Crippen LogP contribution in [0.3, 0.4) is 0 Å². The molecule has 0 radical (unpaired) electrons. The third-order valence-electron chi connectivity index (χ3n) is 8.25. The molecule has 2 aliphatic carbocycles. The fourth-order valence-electron chi connectivity index (χ4n) is 6.14. The van der Waals surface area contributed by atoms with E-state index in [1.165, 1.54) is 56.4 Å². The highest BCUT2D eigenvalue weighted by atomic mass is 19.4. The first kappa shape index (κ1) is 29.3. The van der Waals surface area contributed by atoms with Crippen LogP contribution in [0.15, 0.2) is 70.4 Å². The number of hydrogen-bond donors (Lipinski definition) is 2. The number of alkyl halides is 3. The van der Waals surface area contributed by atoms with Crippen molar-refractivity contribution >= 4 is 5.91 Å². The molecule has 3 atom stereocenters. The lowest BCUT2D eigenvalue weighted by atomic mass is 9.74. The topological polar surface area (TPSA) is 86.5 Å². The number of carbonyl (C=O) groups excluding carboxylic acids is 1. The van der Waals surface area contributed by atoms with Gasteiger partial charge in [-0.15, -0.1) is 10.2 Å². The Morgan fingerprint density at radius 3 is 2.63 bits per heavy atom. The van der Waals surface area contributed by atoms with Gasteiger partial charge in [0.05, 0.1) is 18.8 Å². The Balaban J connectivity index is 1.12. The molecule has 0 saturated heterocycles. The number of benzene rings is 2. The lowest BCUT2D eigenvalue weighted by Gasteiger charge is -2.35. The number of ether oxygens (including phenoxy) is 1. The third kappa shape index (κ3) is 6.98. The molecule has 2 bridgehead atoms. The van der Waals surface area contributed by atoms with Crippen molar-refractivity contribution in [2.24, 2.45) is 28.0 Å². The molecule has 7 nitrogen and oxygen atoms in total. The number of halogens is 3. The summed E-state index contributed by atoms with van der Waals surface area (Å²) < 4.78 is 45.7. The van der Waals surface area contributed by atoms with Gasteiger partial charge in [0.1, 0.15) is 5.75 Å². The Kier molecular flexibility index (Phi) is 8.79. The Morgan fingerprint density at radius 1 is 1.20 bits per heavy atom. The third-order valence-corrected chi connectivity index (χ3v) is 8.25. The van der Waals surface area contributed by atoms with E-state index in [1.807, 2.05) is 0 Å². The Hall–Kier alpha value is -3.24. The van der Waals surface area contributed by atoms with Crippen molar-refractivity contribution in [1.29, 1.82) is 0 Å². The van der Waals surface area contributed by atoms with Crippen molar-refractivity contribution in [2.75, 3.05) is 33.4 Å². The van der Waals surface area contributed by atoms with Crippen molar-refractivity contribution in [3.63, 3.8) is 0 Å². The van der Waals surface area contributed by atoms with Gasteiger partial charge in [-0.05, 0) is 68.7 Å². The summed E-state index contributed by atoms with van der Waals surface area (Å²) in [6, 6.07) is 12.6. The molecule has 10 heteroatoms. The van der Waals surface area contributed by atoms with Crippen LogP contribution < -0.4 is 10.1 Å². The highest BCUT2D eigenvalue weighted by molar-refractivity contribution is 5.96. The zero-order valence-electron chi connectivity index (χ0n) is 23.2. The molecule has 1 saturated carbocycles. The molecule has 3 unspecified atom stereocenters. The normalized spacial score (nSPS) is 21.8. The van der Waals surface area contributed by atoms with Crippen LogP contribution in [0.4, 0.5) is 13.2 Å². The number of amides is 1. The van der Waals surface area contributed by atoms with E-state index in [-0.39, 0.29) is 37.1 Å². The monoisotopic (exact) mass is 570 g/mol. The van der Waals surface area contributed by atoms with Crippen LogP contribution in [0.5, 0.6) is 5.75 Å². The highest BCUT2D eigenvalue weighted by Gasteiger charge is 2.65. The maximum Gasteiger partial charge on any atom is 0.442 e. The van der Waals surface area contributed by atoms with E-state index < -0.39 is 11.8 Å². The summed E-state index contributed by atoms with van der Waals surface area (Å²) >= 11 is 0. The summed E-state index contributed by atoms with van der Waals surface area (Å²) in [6.45, 7) is 2.00. The fourth-order valence-corrected chi connectivity index (χ4v) is 6.14. The number of aliphatic hydroxyl groups excluding tert-OH is 1. The second-order valence-electron chi connectivity index (χ2n) is 11.6. The summed E-state index contributed by atoms with van der Waals surface area (Å²) in [5.74, 6) is 1.31. The Bertz CT molecular complexity index is 1270. The van der Waals surface area contributed by atoms with Gasteiger partial charge in [-0.1, -0.05) is 48.0 Å². The van der Waals surface area contributed by atoms with Crippen LogP contribution in [0.2, 0.25) is 0 Å². The van der Waals surface area contributed by atoms with Crippen LogP contribution in [0, 0.1) is 17.8 Å². The summed E-state index contributed by atoms with van der Waals surface area (Å²) in [7, 11) is 2.08. The average Bonchev–Trinajstić information content (AvgIpc) is 3.77. The predicted molar refractivity (Wildman–Crippen MR) is 148 cm³/mol. The van der Waals surface area contributed by atoms with Gasteiger partial charge in [-0.25, -0.2) is 0 Å². The largest absolute Gasteiger partial charge is 0.492 e. The summed E-state index contributed by atoms with van der Waals surface area (Å²) in [6.07, 6.45) is 4.28. The number of fused-ring (bicyclic) bond motifs is 2. The molecule has 41 heavy (non-hydrogen) atoms. The molecule has 1 amide bonds. The Morgan fingerprint density at radius 2 is 1.95 bits per heavy atom. The number of rotatable bonds is 12. The van der Waals surface area contributed by atoms with Crippen molar-refractivity contribution < 1.29 is 27.8 Å². The molecule has 5 rings (SSSR count). The second kappa shape index (κ2) is 12.3. The SMILES string of the molecule is CN(CC1C=C2CCCC(C2)C1)CC(CO)COc1ccccc1C(=O)NCc1ccc(C2(C(F)(F)F)N=N2)cc1. The maximum atomic E-state index is 13.2. The first-order valence-corrected chi connectivity index (χ1v) is 14.3. The molecular formula is C31H37F3N4O3. The quantitative estimate of drug-likeness (QED) is 0.314. The van der Waals surface area contributed by atoms with Gasteiger partial charge < -0.3 is 20.1 Å². The van der Waals surface area contributed by atoms with Crippen LogP contribution in [0.25, 0.3) is 0 Å². The molecule has 2 aromatic rings. The fraction of sp³-hybridized carbons (Fsp3) is 0.516. The van der Waals surface area contributed by atoms with Gasteiger partial charge in [-0.3, -0.25) is 4.79 Å². The van der Waals surface area contributed by atoms with Gasteiger partial charge in [0.25, 0.3) is 5.91 Å². The van der Waals surface area contributed by atoms with E-state index in [1.54, 1.807) is 29.8 Å². The summed E-state index contributed by atoms with van der Waals surface area (Å²) in [5, 5.41) is 19.3. The van der Waals surface area contributed by atoms with E-state index in [0.29, 0.717) is 29.3 Å². The molecular weight excluding hydrogens is 533 g/mol. The van der Waals surface area contributed by atoms with Gasteiger partial charge >= 0.3 is 11.8 Å². The van der Waals surface area contributed by atoms with E-state index in [2.05, 4.69) is 33.6 Å². The minimum Gasteiger partial charge on any atom is -0.492 e. The molecule has 1 heterocycles. The van der Waals surface area contributed by atoms with Crippen LogP contribution in [-0.2, 0) is 12.2 Å². The standard InChI is InChI=1S/C31H37F3N4O3/c1-38(17-24-14-22-5-4-6-23(13-22)15-24)18-25(19-39)20-41-28-8-3-2-7-27(28)29(40)35-16-21-9-11-26(12-10-21)30(36-37-30)31(32,33)34/h2-3,7-12,14,23-25,39H,4-6,13,15-20H2,1H3,(H,35,40). The van der Waals surface area contributed by atoms with E-state index >= 15 is 0 Å². The maximum absolute atomic E-state index is 13.2. The second-order valence-corrected chi connectivity index (χ2v) is 11.6. The number of allylic oxidation sites excluding steroid dienone is 1. The lowest BCUT2D eigenvalue weighted by Crippen LogP contribution is -2.35. The van der Waals surface area contributed by atoms with Crippen LogP contribution >= 0.6 is 0 Å². The molecule has 0 aromatic heterocycles. The molecule has 2 N–H and O–H groups in total. The van der Waals surface area contributed by atoms with Crippen molar-refractivity contribution in [1.82, 2.24) is 10.2 Å².